The standard InChI is InChI=1S/C12H25BrO2.C2H6/c1-6-12(5,15-7-2)9-11(3,4)10(14)8-13;1-2/h10,14H,6-9H2,1-5H3;1-2H3. The van der Waals surface area contributed by atoms with Crippen molar-refractivity contribution in [2.75, 3.05) is 11.9 Å². The molecule has 0 rings (SSSR count). The van der Waals surface area contributed by atoms with E-state index in [0.717, 1.165) is 19.4 Å². The minimum atomic E-state index is -0.330. The number of hydrogen-bond acceptors (Lipinski definition) is 2. The van der Waals surface area contributed by atoms with Crippen molar-refractivity contribution in [3.05, 3.63) is 0 Å². The van der Waals surface area contributed by atoms with E-state index in [1.807, 2.05) is 20.8 Å². The largest absolute Gasteiger partial charge is 0.392 e. The first-order chi connectivity index (χ1) is 7.81. The lowest BCUT2D eigenvalue weighted by Gasteiger charge is -2.39. The molecule has 0 bridgehead atoms. The molecular formula is C14H31BrO2. The Balaban J connectivity index is 0. The minimum Gasteiger partial charge on any atom is -0.392 e. The van der Waals surface area contributed by atoms with Crippen LogP contribution in [0.15, 0.2) is 0 Å². The van der Waals surface area contributed by atoms with Crippen LogP contribution in [0.4, 0.5) is 0 Å². The van der Waals surface area contributed by atoms with E-state index in [9.17, 15) is 5.11 Å². The summed E-state index contributed by atoms with van der Waals surface area (Å²) in [5, 5.41) is 10.5. The zero-order valence-electron chi connectivity index (χ0n) is 12.6. The van der Waals surface area contributed by atoms with E-state index < -0.39 is 0 Å². The number of alkyl halides is 1. The Morgan fingerprint density at radius 1 is 1.18 bits per heavy atom. The third-order valence-electron chi connectivity index (χ3n) is 3.12. The molecule has 0 fully saturated rings. The van der Waals surface area contributed by atoms with E-state index in [1.54, 1.807) is 0 Å². The lowest BCUT2D eigenvalue weighted by atomic mass is 9.76. The summed E-state index contributed by atoms with van der Waals surface area (Å²) in [6.45, 7) is 15.2. The van der Waals surface area contributed by atoms with Crippen molar-refractivity contribution in [1.82, 2.24) is 0 Å². The van der Waals surface area contributed by atoms with Crippen LogP contribution >= 0.6 is 15.9 Å². The van der Waals surface area contributed by atoms with Crippen LogP contribution < -0.4 is 0 Å². The maximum Gasteiger partial charge on any atom is 0.0688 e. The Kier molecular flexibility index (Phi) is 10.8. The first-order valence-electron chi connectivity index (χ1n) is 6.69. The van der Waals surface area contributed by atoms with Crippen LogP contribution in [0, 0.1) is 5.41 Å². The van der Waals surface area contributed by atoms with Gasteiger partial charge in [0.15, 0.2) is 0 Å². The predicted octanol–water partition coefficient (Wildman–Crippen LogP) is 4.39. The summed E-state index contributed by atoms with van der Waals surface area (Å²) in [5.74, 6) is 0. The highest BCUT2D eigenvalue weighted by Crippen LogP contribution is 2.35. The van der Waals surface area contributed by atoms with Gasteiger partial charge in [0, 0.05) is 11.9 Å². The van der Waals surface area contributed by atoms with Crippen LogP contribution in [0.1, 0.15) is 61.3 Å². The molecule has 0 spiro atoms. The summed E-state index contributed by atoms with van der Waals surface area (Å²) >= 11 is 3.33. The van der Waals surface area contributed by atoms with Crippen LogP contribution in [-0.4, -0.2) is 28.7 Å². The van der Waals surface area contributed by atoms with Crippen molar-refractivity contribution < 1.29 is 9.84 Å². The summed E-state index contributed by atoms with van der Waals surface area (Å²) in [6.07, 6.45) is 1.51. The molecule has 2 atom stereocenters. The normalized spacial score (nSPS) is 16.8. The molecule has 2 nitrogen and oxygen atoms in total. The second-order valence-electron chi connectivity index (χ2n) is 5.07. The van der Waals surface area contributed by atoms with Gasteiger partial charge in [-0.25, -0.2) is 0 Å². The topological polar surface area (TPSA) is 29.5 Å². The maximum atomic E-state index is 9.91. The van der Waals surface area contributed by atoms with E-state index in [4.69, 9.17) is 4.74 Å². The van der Waals surface area contributed by atoms with E-state index in [1.165, 1.54) is 0 Å². The molecular weight excluding hydrogens is 280 g/mol. The van der Waals surface area contributed by atoms with Crippen molar-refractivity contribution in [2.24, 2.45) is 5.41 Å². The molecule has 0 radical (unpaired) electrons. The van der Waals surface area contributed by atoms with Crippen LogP contribution in [0.2, 0.25) is 0 Å². The third kappa shape index (κ3) is 7.43. The average Bonchev–Trinajstić information content (AvgIpc) is 2.30. The number of ether oxygens (including phenoxy) is 1. The summed E-state index contributed by atoms with van der Waals surface area (Å²) < 4.78 is 5.78. The molecule has 0 amide bonds. The van der Waals surface area contributed by atoms with E-state index in [2.05, 4.69) is 43.6 Å². The molecule has 1 N–H and O–H groups in total. The van der Waals surface area contributed by atoms with Crippen molar-refractivity contribution >= 4 is 15.9 Å². The Morgan fingerprint density at radius 3 is 1.94 bits per heavy atom. The van der Waals surface area contributed by atoms with Gasteiger partial charge in [0.2, 0.25) is 0 Å². The summed E-state index contributed by atoms with van der Waals surface area (Å²) in [4.78, 5) is 0. The summed E-state index contributed by atoms with van der Waals surface area (Å²) in [6, 6.07) is 0. The van der Waals surface area contributed by atoms with Crippen molar-refractivity contribution in [1.29, 1.82) is 0 Å². The molecule has 0 heterocycles. The first kappa shape index (κ1) is 19.7. The molecule has 0 aromatic heterocycles. The fourth-order valence-electron chi connectivity index (χ4n) is 1.92. The number of aliphatic hydroxyl groups is 1. The first-order valence-corrected chi connectivity index (χ1v) is 7.81. The second kappa shape index (κ2) is 9.35. The number of hydrogen-bond donors (Lipinski definition) is 1. The smallest absolute Gasteiger partial charge is 0.0688 e. The highest BCUT2D eigenvalue weighted by molar-refractivity contribution is 9.09. The van der Waals surface area contributed by atoms with Gasteiger partial charge in [0.05, 0.1) is 11.7 Å². The predicted molar refractivity (Wildman–Crippen MR) is 79.9 cm³/mol. The molecule has 3 heteroatoms. The van der Waals surface area contributed by atoms with E-state index in [-0.39, 0.29) is 17.1 Å². The molecule has 0 aliphatic carbocycles. The van der Waals surface area contributed by atoms with Gasteiger partial charge in [-0.05, 0) is 32.1 Å². The molecule has 0 aliphatic rings. The molecule has 0 aliphatic heterocycles. The van der Waals surface area contributed by atoms with Crippen molar-refractivity contribution in [2.45, 2.75) is 73.0 Å². The Bertz CT molecular complexity index is 180. The molecule has 0 saturated heterocycles. The zero-order valence-corrected chi connectivity index (χ0v) is 14.2. The van der Waals surface area contributed by atoms with Crippen LogP contribution in [0.5, 0.6) is 0 Å². The number of halogens is 1. The zero-order chi connectivity index (χ0) is 14.1. The second-order valence-corrected chi connectivity index (χ2v) is 5.72. The van der Waals surface area contributed by atoms with Crippen LogP contribution in [0.25, 0.3) is 0 Å². The van der Waals surface area contributed by atoms with Gasteiger partial charge in [-0.15, -0.1) is 0 Å². The van der Waals surface area contributed by atoms with Crippen molar-refractivity contribution in [3.63, 3.8) is 0 Å². The van der Waals surface area contributed by atoms with Gasteiger partial charge >= 0.3 is 0 Å². The van der Waals surface area contributed by atoms with Crippen LogP contribution in [0.3, 0.4) is 0 Å². The Labute approximate surface area is 116 Å². The molecule has 106 valence electrons. The number of rotatable bonds is 7. The summed E-state index contributed by atoms with van der Waals surface area (Å²) in [7, 11) is 0. The lowest BCUT2D eigenvalue weighted by molar-refractivity contribution is -0.0767. The Hall–Kier alpha value is 0.400. The van der Waals surface area contributed by atoms with E-state index >= 15 is 0 Å². The SMILES string of the molecule is CC.CCOC(C)(CC)CC(C)(C)C(O)CBr. The van der Waals surface area contributed by atoms with Gasteiger partial charge in [-0.2, -0.15) is 0 Å². The van der Waals surface area contributed by atoms with E-state index in [0.29, 0.717) is 5.33 Å². The highest BCUT2D eigenvalue weighted by atomic mass is 79.9. The molecule has 2 unspecified atom stereocenters. The number of aliphatic hydroxyl groups excluding tert-OH is 1. The molecule has 0 saturated carbocycles. The van der Waals surface area contributed by atoms with Crippen LogP contribution in [-0.2, 0) is 4.74 Å². The monoisotopic (exact) mass is 310 g/mol. The lowest BCUT2D eigenvalue weighted by Crippen LogP contribution is -2.40. The molecule has 17 heavy (non-hydrogen) atoms. The average molecular weight is 311 g/mol. The fourth-order valence-corrected chi connectivity index (χ4v) is 2.79. The van der Waals surface area contributed by atoms with Crippen molar-refractivity contribution in [3.8, 4) is 0 Å². The summed E-state index contributed by atoms with van der Waals surface area (Å²) in [5.41, 5.74) is -0.245. The highest BCUT2D eigenvalue weighted by Gasteiger charge is 2.36. The van der Waals surface area contributed by atoms with Gasteiger partial charge in [-0.1, -0.05) is 50.5 Å². The van der Waals surface area contributed by atoms with Gasteiger partial charge in [-0.3, -0.25) is 0 Å². The van der Waals surface area contributed by atoms with Gasteiger partial charge in [0.1, 0.15) is 0 Å². The molecule has 0 aromatic rings. The minimum absolute atomic E-state index is 0.122. The molecule has 0 aromatic carbocycles. The Morgan fingerprint density at radius 2 is 1.65 bits per heavy atom. The third-order valence-corrected chi connectivity index (χ3v) is 3.73. The maximum absolute atomic E-state index is 9.91. The van der Waals surface area contributed by atoms with Gasteiger partial charge < -0.3 is 9.84 Å². The fraction of sp³-hybridized carbons (Fsp3) is 1.00. The quantitative estimate of drug-likeness (QED) is 0.707. The van der Waals surface area contributed by atoms with Gasteiger partial charge in [0.25, 0.3) is 0 Å².